The Hall–Kier alpha value is 0.700. The summed E-state index contributed by atoms with van der Waals surface area (Å²) >= 11 is 8.86. The van der Waals surface area contributed by atoms with Gasteiger partial charge in [-0.25, -0.2) is 0 Å². The van der Waals surface area contributed by atoms with Crippen molar-refractivity contribution in [1.29, 1.82) is 0 Å². The molecule has 0 nitrogen and oxygen atoms in total. The van der Waals surface area contributed by atoms with Gasteiger partial charge in [0.05, 0.1) is 0 Å². The Labute approximate surface area is 107 Å². The molecule has 0 radical (unpaired) electrons. The van der Waals surface area contributed by atoms with E-state index in [0.29, 0.717) is 5.25 Å². The number of unbranched alkanes of at least 4 members (excludes halogenated alkanes) is 6. The van der Waals surface area contributed by atoms with Gasteiger partial charge < -0.3 is 0 Å². The summed E-state index contributed by atoms with van der Waals surface area (Å²) < 4.78 is 0. The maximum absolute atomic E-state index is 4.64. The summed E-state index contributed by atoms with van der Waals surface area (Å²) in [7, 11) is 0. The summed E-state index contributed by atoms with van der Waals surface area (Å²) in [5.41, 5.74) is 0. The lowest BCUT2D eigenvalue weighted by Crippen LogP contribution is -1.98. The molecule has 0 spiro atoms. The van der Waals surface area contributed by atoms with Crippen LogP contribution in [0.15, 0.2) is 0 Å². The van der Waals surface area contributed by atoms with Crippen molar-refractivity contribution in [1.82, 2.24) is 0 Å². The Kier molecular flexibility index (Phi) is 13.4. The van der Waals surface area contributed by atoms with Crippen LogP contribution in [0.25, 0.3) is 0 Å². The van der Waals surface area contributed by atoms with Gasteiger partial charge in [0.2, 0.25) is 0 Å². The van der Waals surface area contributed by atoms with Gasteiger partial charge in [0.1, 0.15) is 0 Å². The van der Waals surface area contributed by atoms with Crippen molar-refractivity contribution in [3.8, 4) is 0 Å². The average molecular weight is 249 g/mol. The second-order valence-electron chi connectivity index (χ2n) is 4.43. The maximum atomic E-state index is 4.64. The summed E-state index contributed by atoms with van der Waals surface area (Å²) in [5, 5.41) is 0.651. The number of hydrogen-bond donors (Lipinski definition) is 2. The molecule has 0 aromatic rings. The van der Waals surface area contributed by atoms with Crippen LogP contribution >= 0.6 is 25.3 Å². The van der Waals surface area contributed by atoms with E-state index in [2.05, 4.69) is 32.2 Å². The summed E-state index contributed by atoms with van der Waals surface area (Å²) in [4.78, 5) is 0. The molecule has 0 aliphatic heterocycles. The molecule has 0 heterocycles. The van der Waals surface area contributed by atoms with Crippen LogP contribution in [0.2, 0.25) is 0 Å². The molecular weight excluding hydrogens is 220 g/mol. The quantitative estimate of drug-likeness (QED) is 0.367. The fourth-order valence-electron chi connectivity index (χ4n) is 1.80. The lowest BCUT2D eigenvalue weighted by atomic mass is 10.1. The maximum Gasteiger partial charge on any atom is 0.00168 e. The largest absolute Gasteiger partial charge is 0.179 e. The van der Waals surface area contributed by atoms with Crippen LogP contribution in [0.5, 0.6) is 0 Å². The van der Waals surface area contributed by atoms with Gasteiger partial charge in [-0.15, -0.1) is 0 Å². The Balaban J connectivity index is 3.08. The average Bonchev–Trinajstić information content (AvgIpc) is 2.24. The molecule has 0 aromatic carbocycles. The van der Waals surface area contributed by atoms with E-state index in [1.54, 1.807) is 0 Å². The molecule has 0 saturated heterocycles. The van der Waals surface area contributed by atoms with Crippen molar-refractivity contribution in [2.24, 2.45) is 0 Å². The van der Waals surface area contributed by atoms with Gasteiger partial charge in [-0.1, -0.05) is 51.9 Å². The second kappa shape index (κ2) is 12.8. The first-order chi connectivity index (χ1) is 7.31. The molecule has 0 amide bonds. The van der Waals surface area contributed by atoms with Gasteiger partial charge in [0.25, 0.3) is 0 Å². The van der Waals surface area contributed by atoms with Gasteiger partial charge in [-0.2, -0.15) is 25.3 Å². The van der Waals surface area contributed by atoms with Crippen molar-refractivity contribution in [3.63, 3.8) is 0 Å². The predicted molar refractivity (Wildman–Crippen MR) is 78.5 cm³/mol. The van der Waals surface area contributed by atoms with E-state index in [1.807, 2.05) is 0 Å². The van der Waals surface area contributed by atoms with Crippen LogP contribution < -0.4 is 0 Å². The molecule has 0 rings (SSSR count). The Morgan fingerprint density at radius 3 is 1.87 bits per heavy atom. The summed E-state index contributed by atoms with van der Waals surface area (Å²) in [5.74, 6) is 1.04. The molecule has 0 fully saturated rings. The highest BCUT2D eigenvalue weighted by Gasteiger charge is 2.02. The number of rotatable bonds is 11. The lowest BCUT2D eigenvalue weighted by molar-refractivity contribution is 0.566. The van der Waals surface area contributed by atoms with Crippen molar-refractivity contribution in [2.75, 3.05) is 5.75 Å². The SMILES string of the molecule is CCCCCCC(S)CCCCCCS. The fraction of sp³-hybridized carbons (Fsp3) is 1.00. The predicted octanol–water partition coefficient (Wildman–Crippen LogP) is 5.14. The Morgan fingerprint density at radius 2 is 1.33 bits per heavy atom. The van der Waals surface area contributed by atoms with E-state index >= 15 is 0 Å². The standard InChI is InChI=1S/C13H28S2/c1-2-3-4-7-10-13(15)11-8-5-6-9-12-14/h13-15H,2-12H2,1H3. The van der Waals surface area contributed by atoms with E-state index in [4.69, 9.17) is 0 Å². The summed E-state index contributed by atoms with van der Waals surface area (Å²) in [6.45, 7) is 2.26. The summed E-state index contributed by atoms with van der Waals surface area (Å²) in [6, 6.07) is 0. The lowest BCUT2D eigenvalue weighted by Gasteiger charge is -2.09. The molecule has 15 heavy (non-hydrogen) atoms. The van der Waals surface area contributed by atoms with Gasteiger partial charge in [-0.3, -0.25) is 0 Å². The van der Waals surface area contributed by atoms with Crippen LogP contribution in [0, 0.1) is 0 Å². The van der Waals surface area contributed by atoms with Crippen LogP contribution in [0.3, 0.4) is 0 Å². The first-order valence-electron chi connectivity index (χ1n) is 6.60. The third-order valence-corrected chi connectivity index (χ3v) is 3.67. The Bertz CT molecular complexity index is 115. The van der Waals surface area contributed by atoms with Crippen molar-refractivity contribution >= 4 is 25.3 Å². The highest BCUT2D eigenvalue weighted by molar-refractivity contribution is 7.81. The summed E-state index contributed by atoms with van der Waals surface area (Å²) in [6.07, 6.45) is 13.5. The molecular formula is C13H28S2. The molecule has 0 aromatic heterocycles. The zero-order valence-electron chi connectivity index (χ0n) is 10.2. The minimum Gasteiger partial charge on any atom is -0.179 e. The minimum atomic E-state index is 0.651. The fourth-order valence-corrected chi connectivity index (χ4v) is 2.39. The topological polar surface area (TPSA) is 0 Å². The minimum absolute atomic E-state index is 0.651. The zero-order valence-corrected chi connectivity index (χ0v) is 12.0. The monoisotopic (exact) mass is 248 g/mol. The van der Waals surface area contributed by atoms with E-state index in [-0.39, 0.29) is 0 Å². The van der Waals surface area contributed by atoms with Crippen LogP contribution in [-0.4, -0.2) is 11.0 Å². The highest BCUT2D eigenvalue weighted by atomic mass is 32.1. The smallest absolute Gasteiger partial charge is 0.00168 e. The number of thiol groups is 2. The van der Waals surface area contributed by atoms with Gasteiger partial charge in [0.15, 0.2) is 0 Å². The van der Waals surface area contributed by atoms with Crippen molar-refractivity contribution in [3.05, 3.63) is 0 Å². The van der Waals surface area contributed by atoms with E-state index in [0.717, 1.165) is 5.75 Å². The first-order valence-corrected chi connectivity index (χ1v) is 7.75. The van der Waals surface area contributed by atoms with Crippen LogP contribution in [-0.2, 0) is 0 Å². The van der Waals surface area contributed by atoms with Crippen LogP contribution in [0.1, 0.15) is 71.1 Å². The Morgan fingerprint density at radius 1 is 0.800 bits per heavy atom. The molecule has 0 N–H and O–H groups in total. The first kappa shape index (κ1) is 15.7. The molecule has 0 saturated carbocycles. The van der Waals surface area contributed by atoms with Crippen molar-refractivity contribution in [2.45, 2.75) is 76.4 Å². The molecule has 92 valence electrons. The van der Waals surface area contributed by atoms with E-state index < -0.39 is 0 Å². The molecule has 0 aliphatic carbocycles. The van der Waals surface area contributed by atoms with E-state index in [9.17, 15) is 0 Å². The number of hydrogen-bond acceptors (Lipinski definition) is 2. The van der Waals surface area contributed by atoms with Crippen LogP contribution in [0.4, 0.5) is 0 Å². The van der Waals surface area contributed by atoms with Crippen molar-refractivity contribution < 1.29 is 0 Å². The van der Waals surface area contributed by atoms with Gasteiger partial charge in [-0.05, 0) is 25.0 Å². The van der Waals surface area contributed by atoms with E-state index in [1.165, 1.54) is 64.2 Å². The second-order valence-corrected chi connectivity index (χ2v) is 5.61. The zero-order chi connectivity index (χ0) is 11.4. The normalized spacial score (nSPS) is 13.0. The third-order valence-electron chi connectivity index (χ3n) is 2.84. The molecule has 1 unspecified atom stereocenters. The van der Waals surface area contributed by atoms with Gasteiger partial charge in [0, 0.05) is 5.25 Å². The molecule has 0 aliphatic rings. The molecule has 0 bridgehead atoms. The molecule has 1 atom stereocenters. The highest BCUT2D eigenvalue weighted by Crippen LogP contribution is 2.16. The third kappa shape index (κ3) is 12.6. The van der Waals surface area contributed by atoms with Gasteiger partial charge >= 0.3 is 0 Å². The molecule has 2 heteroatoms.